The van der Waals surface area contributed by atoms with E-state index >= 15 is 0 Å². The first-order valence-electron chi connectivity index (χ1n) is 9.87. The van der Waals surface area contributed by atoms with E-state index in [2.05, 4.69) is 15.6 Å². The molecule has 29 heavy (non-hydrogen) atoms. The Hall–Kier alpha value is -3.18. The quantitative estimate of drug-likeness (QED) is 0.502. The van der Waals surface area contributed by atoms with E-state index < -0.39 is 0 Å². The van der Waals surface area contributed by atoms with Crippen LogP contribution in [0.15, 0.2) is 73.1 Å². The van der Waals surface area contributed by atoms with Crippen LogP contribution in [0.25, 0.3) is 0 Å². The third kappa shape index (κ3) is 7.05. The molecule has 0 unspecified atom stereocenters. The SMILES string of the molecule is Cc1ccccc1OCCCC(=O)Nc1ccc(CNCc2cccnc2)cc1. The maximum atomic E-state index is 12.1. The number of aryl methyl sites for hydroxylation is 1. The highest BCUT2D eigenvalue weighted by molar-refractivity contribution is 5.90. The Balaban J connectivity index is 1.34. The molecule has 0 aliphatic heterocycles. The predicted octanol–water partition coefficient (Wildman–Crippen LogP) is 4.48. The molecule has 3 aromatic rings. The number of benzene rings is 2. The number of aromatic nitrogens is 1. The van der Waals surface area contributed by atoms with Gasteiger partial charge in [0.15, 0.2) is 0 Å². The predicted molar refractivity (Wildman–Crippen MR) is 116 cm³/mol. The molecule has 0 spiro atoms. The molecule has 2 aromatic carbocycles. The smallest absolute Gasteiger partial charge is 0.224 e. The molecule has 0 saturated carbocycles. The number of hydrogen-bond donors (Lipinski definition) is 2. The van der Waals surface area contributed by atoms with Gasteiger partial charge in [0.05, 0.1) is 6.61 Å². The summed E-state index contributed by atoms with van der Waals surface area (Å²) in [4.78, 5) is 16.2. The van der Waals surface area contributed by atoms with Crippen LogP contribution in [0.1, 0.15) is 29.5 Å². The zero-order valence-electron chi connectivity index (χ0n) is 16.7. The molecule has 0 bridgehead atoms. The van der Waals surface area contributed by atoms with Gasteiger partial charge < -0.3 is 15.4 Å². The Bertz CT molecular complexity index is 896. The van der Waals surface area contributed by atoms with Crippen LogP contribution in [0.2, 0.25) is 0 Å². The van der Waals surface area contributed by atoms with Crippen molar-refractivity contribution in [3.05, 3.63) is 89.7 Å². The van der Waals surface area contributed by atoms with Crippen LogP contribution >= 0.6 is 0 Å². The van der Waals surface area contributed by atoms with E-state index in [1.54, 1.807) is 6.20 Å². The Labute approximate surface area is 172 Å². The van der Waals surface area contributed by atoms with E-state index in [0.717, 1.165) is 35.7 Å². The molecule has 0 aliphatic carbocycles. The molecule has 0 saturated heterocycles. The number of hydrogen-bond acceptors (Lipinski definition) is 4. The fourth-order valence-electron chi connectivity index (χ4n) is 2.92. The van der Waals surface area contributed by atoms with Crippen molar-refractivity contribution < 1.29 is 9.53 Å². The highest BCUT2D eigenvalue weighted by Gasteiger charge is 2.04. The highest BCUT2D eigenvalue weighted by atomic mass is 16.5. The van der Waals surface area contributed by atoms with Gasteiger partial charge in [-0.05, 0) is 54.3 Å². The molecule has 1 amide bonds. The number of nitrogens with zero attached hydrogens (tertiary/aromatic N) is 1. The normalized spacial score (nSPS) is 10.5. The summed E-state index contributed by atoms with van der Waals surface area (Å²) in [5, 5.41) is 6.33. The lowest BCUT2D eigenvalue weighted by Crippen LogP contribution is -2.14. The summed E-state index contributed by atoms with van der Waals surface area (Å²) in [5.74, 6) is 0.876. The van der Waals surface area contributed by atoms with Gasteiger partial charge in [-0.2, -0.15) is 0 Å². The lowest BCUT2D eigenvalue weighted by molar-refractivity contribution is -0.116. The van der Waals surface area contributed by atoms with Gasteiger partial charge >= 0.3 is 0 Å². The number of ether oxygens (including phenoxy) is 1. The molecule has 0 aliphatic rings. The first kappa shape index (κ1) is 20.6. The molecular weight excluding hydrogens is 362 g/mol. The number of carbonyl (C=O) groups excluding carboxylic acids is 1. The Morgan fingerprint density at radius 3 is 2.52 bits per heavy atom. The van der Waals surface area contributed by atoms with Crippen molar-refractivity contribution in [1.29, 1.82) is 0 Å². The van der Waals surface area contributed by atoms with Crippen molar-refractivity contribution in [1.82, 2.24) is 10.3 Å². The van der Waals surface area contributed by atoms with E-state index in [9.17, 15) is 4.79 Å². The lowest BCUT2D eigenvalue weighted by Gasteiger charge is -2.09. The number of rotatable bonds is 10. The zero-order chi connectivity index (χ0) is 20.3. The number of carbonyl (C=O) groups is 1. The van der Waals surface area contributed by atoms with Crippen LogP contribution in [0.5, 0.6) is 5.75 Å². The van der Waals surface area contributed by atoms with Gasteiger partial charge in [0.2, 0.25) is 5.91 Å². The standard InChI is InChI=1S/C24H27N3O2/c1-19-6-2-3-8-23(19)29-15-5-9-24(28)27-22-12-10-20(11-13-22)16-26-18-21-7-4-14-25-17-21/h2-4,6-8,10-14,17,26H,5,9,15-16,18H2,1H3,(H,27,28). The molecule has 5 heteroatoms. The summed E-state index contributed by atoms with van der Waals surface area (Å²) >= 11 is 0. The molecule has 1 aromatic heterocycles. The average Bonchev–Trinajstić information content (AvgIpc) is 2.74. The van der Waals surface area contributed by atoms with Crippen molar-refractivity contribution >= 4 is 11.6 Å². The minimum absolute atomic E-state index is 0.000774. The summed E-state index contributed by atoms with van der Waals surface area (Å²) in [5.41, 5.74) is 4.24. The second-order valence-corrected chi connectivity index (χ2v) is 6.93. The molecular formula is C24H27N3O2. The highest BCUT2D eigenvalue weighted by Crippen LogP contribution is 2.16. The van der Waals surface area contributed by atoms with E-state index in [-0.39, 0.29) is 5.91 Å². The molecule has 1 heterocycles. The second-order valence-electron chi connectivity index (χ2n) is 6.93. The third-order valence-electron chi connectivity index (χ3n) is 4.52. The number of amides is 1. The maximum Gasteiger partial charge on any atom is 0.224 e. The van der Waals surface area contributed by atoms with Gasteiger partial charge in [0.1, 0.15) is 5.75 Å². The topological polar surface area (TPSA) is 63.2 Å². The van der Waals surface area contributed by atoms with Gasteiger partial charge in [-0.25, -0.2) is 0 Å². The summed E-state index contributed by atoms with van der Waals surface area (Å²) < 4.78 is 5.73. The van der Waals surface area contributed by atoms with Crippen molar-refractivity contribution in [3.8, 4) is 5.75 Å². The molecule has 0 fully saturated rings. The lowest BCUT2D eigenvalue weighted by atomic mass is 10.2. The van der Waals surface area contributed by atoms with E-state index in [4.69, 9.17) is 4.74 Å². The molecule has 2 N–H and O–H groups in total. The first-order valence-corrected chi connectivity index (χ1v) is 9.87. The third-order valence-corrected chi connectivity index (χ3v) is 4.52. The Kier molecular flexibility index (Phi) is 7.78. The largest absolute Gasteiger partial charge is 0.493 e. The van der Waals surface area contributed by atoms with E-state index in [1.807, 2.05) is 73.8 Å². The van der Waals surface area contributed by atoms with Gasteiger partial charge in [-0.1, -0.05) is 36.4 Å². The summed E-state index contributed by atoms with van der Waals surface area (Å²) in [6, 6.07) is 19.8. The van der Waals surface area contributed by atoms with Crippen LogP contribution in [0.4, 0.5) is 5.69 Å². The van der Waals surface area contributed by atoms with Crippen molar-refractivity contribution in [2.75, 3.05) is 11.9 Å². The van der Waals surface area contributed by atoms with Gasteiger partial charge in [0, 0.05) is 37.6 Å². The van der Waals surface area contributed by atoms with Crippen LogP contribution in [-0.4, -0.2) is 17.5 Å². The summed E-state index contributed by atoms with van der Waals surface area (Å²) in [6.45, 7) is 4.08. The van der Waals surface area contributed by atoms with Gasteiger partial charge in [-0.15, -0.1) is 0 Å². The minimum atomic E-state index is 0.000774. The zero-order valence-corrected chi connectivity index (χ0v) is 16.7. The number of pyridine rings is 1. The maximum absolute atomic E-state index is 12.1. The second kappa shape index (κ2) is 11.0. The molecule has 3 rings (SSSR count). The van der Waals surface area contributed by atoms with Crippen LogP contribution in [0, 0.1) is 6.92 Å². The van der Waals surface area contributed by atoms with Crippen molar-refractivity contribution in [3.63, 3.8) is 0 Å². The minimum Gasteiger partial charge on any atom is -0.493 e. The Morgan fingerprint density at radius 2 is 1.76 bits per heavy atom. The van der Waals surface area contributed by atoms with Gasteiger partial charge in [0.25, 0.3) is 0 Å². The molecule has 0 radical (unpaired) electrons. The average molecular weight is 389 g/mol. The summed E-state index contributed by atoms with van der Waals surface area (Å²) in [7, 11) is 0. The molecule has 0 atom stereocenters. The number of para-hydroxylation sites is 1. The molecule has 5 nitrogen and oxygen atoms in total. The molecule has 150 valence electrons. The van der Waals surface area contributed by atoms with Crippen molar-refractivity contribution in [2.24, 2.45) is 0 Å². The van der Waals surface area contributed by atoms with E-state index in [0.29, 0.717) is 19.4 Å². The first-order chi connectivity index (χ1) is 14.2. The van der Waals surface area contributed by atoms with Crippen LogP contribution in [0.3, 0.4) is 0 Å². The monoisotopic (exact) mass is 389 g/mol. The fourth-order valence-corrected chi connectivity index (χ4v) is 2.92. The Morgan fingerprint density at radius 1 is 0.966 bits per heavy atom. The van der Waals surface area contributed by atoms with E-state index in [1.165, 1.54) is 5.56 Å². The van der Waals surface area contributed by atoms with Crippen LogP contribution in [-0.2, 0) is 17.9 Å². The number of nitrogens with one attached hydrogen (secondary N) is 2. The van der Waals surface area contributed by atoms with Crippen molar-refractivity contribution in [2.45, 2.75) is 32.9 Å². The number of anilines is 1. The summed E-state index contributed by atoms with van der Waals surface area (Å²) in [6.07, 6.45) is 4.74. The fraction of sp³-hybridized carbons (Fsp3) is 0.250. The van der Waals surface area contributed by atoms with Crippen LogP contribution < -0.4 is 15.4 Å². The van der Waals surface area contributed by atoms with Gasteiger partial charge in [-0.3, -0.25) is 9.78 Å².